The zero-order chi connectivity index (χ0) is 35.1. The van der Waals surface area contributed by atoms with E-state index in [4.69, 9.17) is 9.68 Å². The molecule has 0 radical (unpaired) electrons. The first-order chi connectivity index (χ1) is 23.6. The number of aryl methyl sites for hydroxylation is 1. The third-order valence-electron chi connectivity index (χ3n) is 8.80. The molecule has 3 aromatic carbocycles. The van der Waals surface area contributed by atoms with Crippen LogP contribution in [0.3, 0.4) is 0 Å². The molecule has 1 heterocycles. The molecule has 1 fully saturated rings. The van der Waals surface area contributed by atoms with Gasteiger partial charge in [-0.1, -0.05) is 79.2 Å². The van der Waals surface area contributed by atoms with Crippen LogP contribution in [0.4, 0.5) is 5.69 Å². The molecule has 0 aliphatic heterocycles. The molecule has 254 valence electrons. The third-order valence-corrected chi connectivity index (χ3v) is 8.80. The normalized spacial score (nSPS) is 13.9. The van der Waals surface area contributed by atoms with Crippen molar-refractivity contribution >= 4 is 62.4 Å². The van der Waals surface area contributed by atoms with Gasteiger partial charge in [-0.25, -0.2) is 9.59 Å². The maximum atomic E-state index is 13.9. The lowest BCUT2D eigenvalue weighted by molar-refractivity contribution is -0.383. The number of carbonyl (C=O) groups excluding carboxylic acids is 4. The molecule has 1 aliphatic carbocycles. The van der Waals surface area contributed by atoms with Gasteiger partial charge in [-0.05, 0) is 49.9 Å². The fourth-order valence-electron chi connectivity index (χ4n) is 6.53. The fourth-order valence-corrected chi connectivity index (χ4v) is 6.53. The fraction of sp³-hybridized carbons (Fsp3) is 0.351. The second-order valence-corrected chi connectivity index (χ2v) is 12.2. The van der Waals surface area contributed by atoms with Gasteiger partial charge in [0.1, 0.15) is 11.2 Å². The molecule has 1 saturated carbocycles. The van der Waals surface area contributed by atoms with Crippen LogP contribution in [0.2, 0.25) is 0 Å². The smallest absolute Gasteiger partial charge is 0.332 e. The minimum absolute atomic E-state index is 0.0554. The lowest BCUT2D eigenvalue weighted by atomic mass is 9.96. The first-order valence-electron chi connectivity index (χ1n) is 16.5. The van der Waals surface area contributed by atoms with Crippen LogP contribution < -0.4 is 0 Å². The van der Waals surface area contributed by atoms with Gasteiger partial charge >= 0.3 is 11.9 Å². The number of aromatic nitrogens is 1. The Morgan fingerprint density at radius 2 is 1.51 bits per heavy atom. The average Bonchev–Trinajstić information content (AvgIpc) is 3.73. The Morgan fingerprint density at radius 3 is 2.16 bits per heavy atom. The van der Waals surface area contributed by atoms with Crippen molar-refractivity contribution in [3.63, 3.8) is 0 Å². The minimum Gasteiger partial charge on any atom is -0.335 e. The Kier molecular flexibility index (Phi) is 11.1. The second kappa shape index (κ2) is 15.6. The zero-order valence-electron chi connectivity index (χ0n) is 27.8. The van der Waals surface area contributed by atoms with E-state index in [0.717, 1.165) is 19.8 Å². The lowest BCUT2D eigenvalue weighted by Crippen LogP contribution is -2.17. The number of nitrogens with zero attached hydrogens (tertiary/aromatic N) is 4. The number of non-ortho nitro benzene ring substituents is 1. The SMILES string of the molecule is CCn1c2ccc(C(=O)/C(CCCCC3CCCC3)=N/OC(C)=O)cc2c2cc(C(=O)/C(=N/OC(C)=O)c3ccccc3)cc([N+](=O)[O-])c21. The van der Waals surface area contributed by atoms with E-state index in [2.05, 4.69) is 10.3 Å². The topological polar surface area (TPSA) is 160 Å². The quantitative estimate of drug-likeness (QED) is 0.0330. The molecule has 12 nitrogen and oxygen atoms in total. The van der Waals surface area contributed by atoms with Crippen molar-refractivity contribution in [1.29, 1.82) is 0 Å². The van der Waals surface area contributed by atoms with E-state index in [1.165, 1.54) is 44.7 Å². The van der Waals surface area contributed by atoms with E-state index in [-0.39, 0.29) is 33.8 Å². The number of hydrogen-bond donors (Lipinski definition) is 0. The van der Waals surface area contributed by atoms with Crippen LogP contribution in [0, 0.1) is 16.0 Å². The van der Waals surface area contributed by atoms with E-state index in [9.17, 15) is 29.3 Å². The summed E-state index contributed by atoms with van der Waals surface area (Å²) < 4.78 is 1.76. The van der Waals surface area contributed by atoms with Gasteiger partial charge in [0.15, 0.2) is 5.71 Å². The van der Waals surface area contributed by atoms with Gasteiger partial charge in [0.2, 0.25) is 11.6 Å². The summed E-state index contributed by atoms with van der Waals surface area (Å²) in [4.78, 5) is 72.6. The molecule has 0 amide bonds. The number of hydrogen-bond acceptors (Lipinski definition) is 10. The number of nitro groups is 1. The summed E-state index contributed by atoms with van der Waals surface area (Å²) in [5.41, 5.74) is 1.03. The summed E-state index contributed by atoms with van der Waals surface area (Å²) in [5.74, 6) is -1.80. The number of oxime groups is 2. The van der Waals surface area contributed by atoms with Crippen molar-refractivity contribution < 1.29 is 33.8 Å². The number of nitro benzene ring substituents is 1. The van der Waals surface area contributed by atoms with Crippen molar-refractivity contribution in [3.8, 4) is 0 Å². The number of Topliss-reactive ketones (excluding diaryl/α,β-unsaturated/α-hetero) is 2. The van der Waals surface area contributed by atoms with Gasteiger partial charge < -0.3 is 14.2 Å². The Balaban J connectivity index is 1.58. The van der Waals surface area contributed by atoms with Gasteiger partial charge in [-0.15, -0.1) is 0 Å². The first kappa shape index (κ1) is 34.8. The third kappa shape index (κ3) is 7.97. The second-order valence-electron chi connectivity index (χ2n) is 12.2. The average molecular weight is 667 g/mol. The number of fused-ring (bicyclic) bond motifs is 3. The summed E-state index contributed by atoms with van der Waals surface area (Å²) in [6.45, 7) is 4.56. The number of rotatable bonds is 14. The number of carbonyl (C=O) groups is 4. The van der Waals surface area contributed by atoms with Crippen LogP contribution in [0.5, 0.6) is 0 Å². The van der Waals surface area contributed by atoms with Crippen LogP contribution in [0.15, 0.2) is 71.0 Å². The summed E-state index contributed by atoms with van der Waals surface area (Å²) in [6.07, 6.45) is 8.01. The predicted octanol–water partition coefficient (Wildman–Crippen LogP) is 7.73. The van der Waals surface area contributed by atoms with Gasteiger partial charge in [0.25, 0.3) is 5.69 Å². The van der Waals surface area contributed by atoms with E-state index in [1.54, 1.807) is 53.1 Å². The highest BCUT2D eigenvalue weighted by Crippen LogP contribution is 2.37. The Morgan fingerprint density at radius 1 is 0.837 bits per heavy atom. The van der Waals surface area contributed by atoms with E-state index in [0.29, 0.717) is 47.2 Å². The highest BCUT2D eigenvalue weighted by atomic mass is 16.7. The Hall–Kier alpha value is -5.52. The molecule has 4 aromatic rings. The van der Waals surface area contributed by atoms with Crippen molar-refractivity contribution in [1.82, 2.24) is 4.57 Å². The summed E-state index contributed by atoms with van der Waals surface area (Å²) in [5, 5.41) is 21.1. The maximum Gasteiger partial charge on any atom is 0.332 e. The molecule has 0 spiro atoms. The van der Waals surface area contributed by atoms with Crippen LogP contribution in [-0.2, 0) is 25.8 Å². The summed E-state index contributed by atoms with van der Waals surface area (Å²) in [7, 11) is 0. The van der Waals surface area contributed by atoms with Gasteiger partial charge in [-0.2, -0.15) is 0 Å². The van der Waals surface area contributed by atoms with Crippen LogP contribution in [0.25, 0.3) is 21.8 Å². The van der Waals surface area contributed by atoms with Crippen molar-refractivity contribution in [2.75, 3.05) is 0 Å². The largest absolute Gasteiger partial charge is 0.335 e. The summed E-state index contributed by atoms with van der Waals surface area (Å²) in [6, 6.07) is 16.0. The molecule has 0 atom stereocenters. The Labute approximate surface area is 282 Å². The number of ketones is 2. The van der Waals surface area contributed by atoms with Gasteiger partial charge in [0.05, 0.1) is 4.92 Å². The van der Waals surface area contributed by atoms with E-state index < -0.39 is 28.4 Å². The number of unbranched alkanes of at least 4 members (excludes halogenated alkanes) is 1. The molecular weight excluding hydrogens is 628 g/mol. The van der Waals surface area contributed by atoms with Crippen molar-refractivity contribution in [2.24, 2.45) is 16.2 Å². The zero-order valence-corrected chi connectivity index (χ0v) is 27.8. The minimum atomic E-state index is -0.740. The lowest BCUT2D eigenvalue weighted by Gasteiger charge is -2.09. The molecule has 0 N–H and O–H groups in total. The molecule has 0 saturated heterocycles. The van der Waals surface area contributed by atoms with E-state index >= 15 is 0 Å². The highest BCUT2D eigenvalue weighted by molar-refractivity contribution is 6.51. The van der Waals surface area contributed by atoms with Crippen molar-refractivity contribution in [3.05, 3.63) is 87.5 Å². The van der Waals surface area contributed by atoms with Gasteiger partial charge in [0, 0.05) is 59.4 Å². The number of benzene rings is 3. The standard InChI is InChI=1S/C37H38N4O8/c1-4-40-32-19-18-27(36(44)31(38-48-23(2)42)17-11-10-14-25-12-8-9-13-25)20-29(32)30-21-28(22-33(35(30)40)41(46)47)37(45)34(39-49-24(3)43)26-15-6-5-7-16-26/h5-7,15-16,18-22,25H,4,8-14,17H2,1-3H3/b38-31+,39-34+. The molecule has 5 rings (SSSR count). The molecule has 1 aliphatic rings. The highest BCUT2D eigenvalue weighted by Gasteiger charge is 2.27. The first-order valence-corrected chi connectivity index (χ1v) is 16.5. The molecule has 0 unspecified atom stereocenters. The molecule has 1 aromatic heterocycles. The van der Waals surface area contributed by atoms with Crippen LogP contribution >= 0.6 is 0 Å². The Bertz CT molecular complexity index is 1990. The van der Waals surface area contributed by atoms with Crippen LogP contribution in [-0.4, -0.2) is 44.4 Å². The molecule has 49 heavy (non-hydrogen) atoms. The predicted molar refractivity (Wildman–Crippen MR) is 185 cm³/mol. The maximum absolute atomic E-state index is 13.9. The molecule has 12 heteroatoms. The molecule has 0 bridgehead atoms. The molecular formula is C37H38N4O8. The van der Waals surface area contributed by atoms with E-state index in [1.807, 2.05) is 6.92 Å². The van der Waals surface area contributed by atoms with Crippen LogP contribution in [0.1, 0.15) is 98.4 Å². The monoisotopic (exact) mass is 666 g/mol. The van der Waals surface area contributed by atoms with Gasteiger partial charge in [-0.3, -0.25) is 19.7 Å². The van der Waals surface area contributed by atoms with Crippen molar-refractivity contribution in [2.45, 2.75) is 78.7 Å². The summed E-state index contributed by atoms with van der Waals surface area (Å²) >= 11 is 0.